The Morgan fingerprint density at radius 2 is 0.771 bits per heavy atom. The van der Waals surface area contributed by atoms with Crippen LogP contribution in [0.1, 0.15) is 278 Å². The molecule has 3 atom stereocenters. The van der Waals surface area contributed by atoms with Crippen LogP contribution < -0.4 is 10.2 Å². The minimum atomic E-state index is -4.72. The number of ether oxygens (including phenoxy) is 1. The van der Waals surface area contributed by atoms with E-state index in [4.69, 9.17) is 13.8 Å². The van der Waals surface area contributed by atoms with E-state index in [1.54, 1.807) is 0 Å². The van der Waals surface area contributed by atoms with Crippen LogP contribution in [0.3, 0.4) is 0 Å². The van der Waals surface area contributed by atoms with Gasteiger partial charge in [0.1, 0.15) is 19.3 Å². The van der Waals surface area contributed by atoms with E-state index in [9.17, 15) is 19.0 Å². The van der Waals surface area contributed by atoms with Crippen molar-refractivity contribution in [3.8, 4) is 0 Å². The molecule has 0 aliphatic carbocycles. The highest BCUT2D eigenvalue weighted by Gasteiger charge is 2.27. The third-order valence-electron chi connectivity index (χ3n) is 14.4. The third kappa shape index (κ3) is 62.8. The number of quaternary nitrogens is 1. The molecule has 0 aromatic carbocycles. The molecule has 0 aliphatic rings. The van der Waals surface area contributed by atoms with E-state index in [-0.39, 0.29) is 24.9 Å². The molecule has 0 bridgehead atoms. The van der Waals surface area contributed by atoms with Crippen molar-refractivity contribution in [3.63, 3.8) is 0 Å². The maximum Gasteiger partial charge on any atom is 0.306 e. The summed E-state index contributed by atoms with van der Waals surface area (Å²) in [5.74, 6) is -0.579. The minimum Gasteiger partial charge on any atom is -0.756 e. The van der Waals surface area contributed by atoms with Gasteiger partial charge in [-0.2, -0.15) is 0 Å². The van der Waals surface area contributed by atoms with Gasteiger partial charge >= 0.3 is 5.97 Å². The molecule has 0 spiro atoms. The summed E-state index contributed by atoms with van der Waals surface area (Å²) >= 11 is 0. The number of nitrogens with zero attached hydrogens (tertiary/aromatic N) is 1. The van der Waals surface area contributed by atoms with Crippen LogP contribution >= 0.6 is 7.82 Å². The van der Waals surface area contributed by atoms with E-state index < -0.39 is 26.6 Å². The number of esters is 1. The second kappa shape index (κ2) is 61.5. The Kier molecular flexibility index (Phi) is 58.8. The predicted octanol–water partition coefficient (Wildman–Crippen LogP) is 20.8. The Hall–Kier alpha value is -3.59. The fraction of sp³-hybridized carbons (Fsp3) is 0.699. The monoisotopic (exact) mass is 1170 g/mol. The molecule has 476 valence electrons. The number of carbonyl (C=O) groups is 2. The molecule has 0 radical (unpaired) electrons. The highest BCUT2D eigenvalue weighted by Crippen LogP contribution is 2.38. The van der Waals surface area contributed by atoms with Gasteiger partial charge in [0.2, 0.25) is 5.91 Å². The number of rotatable bonds is 60. The first-order chi connectivity index (χ1) is 40.4. The molecule has 0 aromatic rings. The second-order valence-electron chi connectivity index (χ2n) is 23.6. The van der Waals surface area contributed by atoms with Crippen molar-refractivity contribution in [2.24, 2.45) is 0 Å². The lowest BCUT2D eigenvalue weighted by atomic mass is 10.0. The molecule has 10 heteroatoms. The molecule has 0 heterocycles. The molecule has 0 saturated carbocycles. The molecular weight excluding hydrogens is 1050 g/mol. The molecule has 0 fully saturated rings. The maximum atomic E-state index is 13.6. The lowest BCUT2D eigenvalue weighted by molar-refractivity contribution is -0.870. The van der Waals surface area contributed by atoms with Gasteiger partial charge in [-0.05, 0) is 122 Å². The normalized spacial score (nSPS) is 14.3. The number of likely N-dealkylation sites (N-methyl/N-ethyl adjacent to an activating group) is 1. The predicted molar refractivity (Wildman–Crippen MR) is 357 cm³/mol. The number of unbranched alkanes of at least 4 members (excludes halogenated alkanes) is 26. The van der Waals surface area contributed by atoms with Crippen LogP contribution in [0.25, 0.3) is 0 Å². The van der Waals surface area contributed by atoms with Crippen molar-refractivity contribution in [1.82, 2.24) is 5.32 Å². The summed E-state index contributed by atoms with van der Waals surface area (Å²) in [5, 5.41) is 3.03. The molecule has 9 nitrogen and oxygen atoms in total. The van der Waals surface area contributed by atoms with E-state index >= 15 is 0 Å². The molecule has 83 heavy (non-hydrogen) atoms. The summed E-state index contributed by atoms with van der Waals surface area (Å²) in [6.45, 7) is 6.68. The Morgan fingerprint density at radius 1 is 0.434 bits per heavy atom. The van der Waals surface area contributed by atoms with Gasteiger partial charge < -0.3 is 28.5 Å². The van der Waals surface area contributed by atoms with Gasteiger partial charge in [-0.15, -0.1) is 0 Å². The molecule has 0 rings (SSSR count). The van der Waals surface area contributed by atoms with Gasteiger partial charge in [0, 0.05) is 12.8 Å². The van der Waals surface area contributed by atoms with Crippen molar-refractivity contribution in [2.75, 3.05) is 40.9 Å². The smallest absolute Gasteiger partial charge is 0.306 e. The summed E-state index contributed by atoms with van der Waals surface area (Å²) in [5.41, 5.74) is 0. The van der Waals surface area contributed by atoms with Crippen LogP contribution in [0, 0.1) is 0 Å². The molecule has 0 aliphatic heterocycles. The zero-order chi connectivity index (χ0) is 60.7. The quantitative estimate of drug-likeness (QED) is 0.0212. The fourth-order valence-corrected chi connectivity index (χ4v) is 9.90. The van der Waals surface area contributed by atoms with Crippen LogP contribution in [0.15, 0.2) is 122 Å². The first kappa shape index (κ1) is 79.4. The Labute approximate surface area is 512 Å². The first-order valence-electron chi connectivity index (χ1n) is 33.8. The lowest BCUT2D eigenvalue weighted by Crippen LogP contribution is -2.47. The molecule has 3 unspecified atom stereocenters. The van der Waals surface area contributed by atoms with Crippen molar-refractivity contribution in [2.45, 2.75) is 290 Å². The Bertz CT molecular complexity index is 1830. The standard InChI is InChI=1S/C73H127N2O7P/c1-7-10-13-16-19-22-25-28-30-32-34-36-37-39-40-42-44-47-50-53-56-59-62-65-72(76)74-70(69-81-83(78,79)80-68-67-75(4,5)6)71(64-61-58-55-52-49-46-27-24-21-18-15-12-9-3)82-73(77)66-63-60-57-54-51-48-45-43-41-38-35-33-31-29-26-23-20-17-14-11-8-2/h11,14,19-20,22-23,28-31,34-36,38-40,43,45,61,64,70-71H,7-10,12-13,15-18,21,24-27,32-33,37,41-42,44,46-60,62-63,65-69H2,1-6H3,(H-,74,76,78,79)/b14-11-,22-19-,23-20-,30-28-,31-29-,36-34-,38-35-,40-39-,45-43-,64-61+. The fourth-order valence-electron chi connectivity index (χ4n) is 9.18. The zero-order valence-electron chi connectivity index (χ0n) is 54.4. The van der Waals surface area contributed by atoms with E-state index in [0.717, 1.165) is 135 Å². The van der Waals surface area contributed by atoms with Crippen molar-refractivity contribution in [3.05, 3.63) is 122 Å². The molecular formula is C73H127N2O7P. The number of phosphoric ester groups is 1. The van der Waals surface area contributed by atoms with Crippen LogP contribution in [-0.2, 0) is 27.9 Å². The second-order valence-corrected chi connectivity index (χ2v) is 25.0. The number of allylic oxidation sites excluding steroid dienone is 19. The highest BCUT2D eigenvalue weighted by atomic mass is 31.2. The average Bonchev–Trinajstić information content (AvgIpc) is 3.47. The van der Waals surface area contributed by atoms with E-state index in [1.807, 2.05) is 33.3 Å². The van der Waals surface area contributed by atoms with Gasteiger partial charge in [0.25, 0.3) is 7.82 Å². The van der Waals surface area contributed by atoms with Crippen LogP contribution in [0.5, 0.6) is 0 Å². The van der Waals surface area contributed by atoms with Gasteiger partial charge in [0.15, 0.2) is 0 Å². The Balaban J connectivity index is 5.27. The number of hydrogen-bond acceptors (Lipinski definition) is 7. The number of phosphoric acid groups is 1. The summed E-state index contributed by atoms with van der Waals surface area (Å²) in [7, 11) is 1.15. The lowest BCUT2D eigenvalue weighted by Gasteiger charge is -2.30. The molecule has 0 aromatic heterocycles. The SMILES string of the molecule is CC/C=C\C/C=C\C/C=C\C/C=C\C/C=C\CCCCCCCC(=O)OC(/C=C/CCCCCCCCCCCCC)C(COP(=O)([O-])OCC[N+](C)(C)C)NC(=O)CCCCCCCCC/C=C\C/C=C\C/C=C\C/C=C\CCCCC. The molecule has 1 N–H and O–H groups in total. The third-order valence-corrected chi connectivity index (χ3v) is 15.3. The summed E-state index contributed by atoms with van der Waals surface area (Å²) in [6.07, 6.45) is 85.9. The topological polar surface area (TPSA) is 114 Å². The van der Waals surface area contributed by atoms with Crippen molar-refractivity contribution < 1.29 is 37.3 Å². The van der Waals surface area contributed by atoms with Crippen molar-refractivity contribution in [1.29, 1.82) is 0 Å². The maximum absolute atomic E-state index is 13.6. The molecule has 1 amide bonds. The molecule has 0 saturated heterocycles. The Morgan fingerprint density at radius 3 is 1.18 bits per heavy atom. The minimum absolute atomic E-state index is 0.0344. The van der Waals surface area contributed by atoms with Crippen LogP contribution in [0.4, 0.5) is 0 Å². The van der Waals surface area contributed by atoms with Gasteiger partial charge in [0.05, 0.1) is 33.8 Å². The number of nitrogens with one attached hydrogen (secondary N) is 1. The number of amides is 1. The largest absolute Gasteiger partial charge is 0.756 e. The summed E-state index contributed by atoms with van der Waals surface area (Å²) in [4.78, 5) is 40.2. The summed E-state index contributed by atoms with van der Waals surface area (Å²) < 4.78 is 30.4. The first-order valence-corrected chi connectivity index (χ1v) is 35.3. The number of carbonyl (C=O) groups excluding carboxylic acids is 2. The van der Waals surface area contributed by atoms with E-state index in [2.05, 4.69) is 135 Å². The summed E-state index contributed by atoms with van der Waals surface area (Å²) in [6, 6.07) is -0.912. The van der Waals surface area contributed by atoms with E-state index in [1.165, 1.54) is 103 Å². The van der Waals surface area contributed by atoms with Crippen LogP contribution in [0.2, 0.25) is 0 Å². The van der Waals surface area contributed by atoms with Gasteiger partial charge in [-0.1, -0.05) is 265 Å². The van der Waals surface area contributed by atoms with Crippen molar-refractivity contribution >= 4 is 19.7 Å². The highest BCUT2D eigenvalue weighted by molar-refractivity contribution is 7.45. The van der Waals surface area contributed by atoms with Gasteiger partial charge in [-0.25, -0.2) is 0 Å². The number of hydrogen-bond donors (Lipinski definition) is 1. The average molecular weight is 1180 g/mol. The van der Waals surface area contributed by atoms with Gasteiger partial charge in [-0.3, -0.25) is 14.2 Å². The zero-order valence-corrected chi connectivity index (χ0v) is 55.3. The van der Waals surface area contributed by atoms with Crippen LogP contribution in [-0.4, -0.2) is 69.4 Å². The van der Waals surface area contributed by atoms with E-state index in [0.29, 0.717) is 23.9 Å².